The van der Waals surface area contributed by atoms with Crippen molar-refractivity contribution in [2.75, 3.05) is 4.90 Å². The molecule has 0 amide bonds. The third-order valence-corrected chi connectivity index (χ3v) is 13.0. The molecule has 3 heteroatoms. The number of aromatic nitrogens is 1. The van der Waals surface area contributed by atoms with Crippen molar-refractivity contribution in [2.45, 2.75) is 19.3 Å². The molecule has 0 fully saturated rings. The van der Waals surface area contributed by atoms with Gasteiger partial charge in [-0.15, -0.1) is 11.3 Å². The van der Waals surface area contributed by atoms with Crippen molar-refractivity contribution in [1.29, 1.82) is 0 Å². The molecule has 0 saturated heterocycles. The van der Waals surface area contributed by atoms with Crippen LogP contribution < -0.4 is 4.90 Å². The van der Waals surface area contributed by atoms with Crippen molar-refractivity contribution in [3.63, 3.8) is 0 Å². The standard InChI is InChI=1S/C54H38N2S/c1-54(2)48-16-10-9-15-45(48)46-31-30-44(34-49(46)54)56(42-26-21-36(22-27-42)35-11-5-3-6-12-35)43-28-23-37(24-29-43)41-20-18-38-17-19-39-25-32-50-52(51(39)47(38)33-41)55-53(57-50)40-13-7-4-8-14-40/h3-34H,1-2H3. The summed E-state index contributed by atoms with van der Waals surface area (Å²) in [6.07, 6.45) is 0. The topological polar surface area (TPSA) is 16.1 Å². The first-order valence-electron chi connectivity index (χ1n) is 19.6. The van der Waals surface area contributed by atoms with E-state index in [1.165, 1.54) is 70.8 Å². The molecule has 0 N–H and O–H groups in total. The Hall–Kier alpha value is -6.81. The van der Waals surface area contributed by atoms with Crippen LogP contribution in [-0.2, 0) is 5.41 Å². The number of rotatable bonds is 6. The lowest BCUT2D eigenvalue weighted by Crippen LogP contribution is -2.16. The Morgan fingerprint density at radius 2 is 0.982 bits per heavy atom. The summed E-state index contributed by atoms with van der Waals surface area (Å²) in [5, 5.41) is 5.93. The van der Waals surface area contributed by atoms with Crippen molar-refractivity contribution < 1.29 is 0 Å². The maximum atomic E-state index is 5.23. The number of thiazole rings is 1. The van der Waals surface area contributed by atoms with E-state index in [4.69, 9.17) is 4.98 Å². The van der Waals surface area contributed by atoms with Gasteiger partial charge in [-0.2, -0.15) is 0 Å². The van der Waals surface area contributed by atoms with Gasteiger partial charge in [-0.3, -0.25) is 0 Å². The Labute approximate surface area is 337 Å². The fourth-order valence-corrected chi connectivity index (χ4v) is 9.91. The molecular formula is C54H38N2S. The maximum absolute atomic E-state index is 5.23. The average molecular weight is 747 g/mol. The number of fused-ring (bicyclic) bond motifs is 8. The zero-order valence-electron chi connectivity index (χ0n) is 31.8. The molecule has 0 atom stereocenters. The van der Waals surface area contributed by atoms with E-state index in [0.29, 0.717) is 0 Å². The highest BCUT2D eigenvalue weighted by molar-refractivity contribution is 7.21. The smallest absolute Gasteiger partial charge is 0.124 e. The lowest BCUT2D eigenvalue weighted by molar-refractivity contribution is 0.660. The Bertz CT molecular complexity index is 3120. The second kappa shape index (κ2) is 13.2. The minimum atomic E-state index is -0.0951. The number of anilines is 3. The predicted octanol–water partition coefficient (Wildman–Crippen LogP) is 15.4. The third kappa shape index (κ3) is 5.57. The summed E-state index contributed by atoms with van der Waals surface area (Å²) in [5.74, 6) is 0. The van der Waals surface area contributed by atoms with Crippen molar-refractivity contribution in [2.24, 2.45) is 0 Å². The summed E-state index contributed by atoms with van der Waals surface area (Å²) >= 11 is 1.76. The average Bonchev–Trinajstić information content (AvgIpc) is 3.81. The van der Waals surface area contributed by atoms with Crippen LogP contribution in [0.2, 0.25) is 0 Å². The molecule has 57 heavy (non-hydrogen) atoms. The van der Waals surface area contributed by atoms with Gasteiger partial charge < -0.3 is 4.90 Å². The van der Waals surface area contributed by atoms with Crippen LogP contribution in [0.4, 0.5) is 17.1 Å². The SMILES string of the molecule is CC1(C)c2ccccc2-c2ccc(N(c3ccc(-c4ccccc4)cc3)c3ccc(-c4ccc5ccc6ccc7sc(-c8ccccc8)nc7c6c5c4)cc3)cc21. The normalized spacial score (nSPS) is 12.9. The van der Waals surface area contributed by atoms with Gasteiger partial charge in [-0.25, -0.2) is 4.98 Å². The first-order valence-corrected chi connectivity index (χ1v) is 20.4. The summed E-state index contributed by atoms with van der Waals surface area (Å²) in [7, 11) is 0. The molecule has 1 heterocycles. The van der Waals surface area contributed by atoms with Gasteiger partial charge in [-0.1, -0.05) is 159 Å². The second-order valence-electron chi connectivity index (χ2n) is 15.6. The predicted molar refractivity (Wildman–Crippen MR) is 243 cm³/mol. The van der Waals surface area contributed by atoms with Gasteiger partial charge in [0.2, 0.25) is 0 Å². The van der Waals surface area contributed by atoms with Crippen molar-refractivity contribution in [3.8, 4) is 44.0 Å². The Kier molecular flexibility index (Phi) is 7.74. The van der Waals surface area contributed by atoms with Crippen molar-refractivity contribution in [3.05, 3.63) is 205 Å². The first-order chi connectivity index (χ1) is 28.0. The van der Waals surface area contributed by atoms with Crippen LogP contribution in [0.3, 0.4) is 0 Å². The van der Waals surface area contributed by atoms with E-state index in [0.717, 1.165) is 33.1 Å². The quantitative estimate of drug-likeness (QED) is 0.158. The van der Waals surface area contributed by atoms with E-state index >= 15 is 0 Å². The van der Waals surface area contributed by atoms with Gasteiger partial charge in [-0.05, 0) is 109 Å². The highest BCUT2D eigenvalue weighted by Gasteiger charge is 2.35. The van der Waals surface area contributed by atoms with Gasteiger partial charge >= 0.3 is 0 Å². The molecule has 11 rings (SSSR count). The summed E-state index contributed by atoms with van der Waals surface area (Å²) in [6.45, 7) is 4.70. The number of hydrogen-bond donors (Lipinski definition) is 0. The highest BCUT2D eigenvalue weighted by Crippen LogP contribution is 2.51. The lowest BCUT2D eigenvalue weighted by Gasteiger charge is -2.28. The van der Waals surface area contributed by atoms with E-state index < -0.39 is 0 Å². The minimum Gasteiger partial charge on any atom is -0.310 e. The fourth-order valence-electron chi connectivity index (χ4n) is 8.93. The monoisotopic (exact) mass is 746 g/mol. The number of benzene rings is 9. The molecule has 10 aromatic rings. The molecule has 0 radical (unpaired) electrons. The van der Waals surface area contributed by atoms with Gasteiger partial charge in [0.15, 0.2) is 0 Å². The van der Waals surface area contributed by atoms with E-state index in [1.54, 1.807) is 11.3 Å². The maximum Gasteiger partial charge on any atom is 0.124 e. The molecule has 0 spiro atoms. The molecule has 0 unspecified atom stereocenters. The van der Waals surface area contributed by atoms with Crippen LogP contribution in [0.1, 0.15) is 25.0 Å². The van der Waals surface area contributed by atoms with Crippen LogP contribution in [0.15, 0.2) is 194 Å². The van der Waals surface area contributed by atoms with Crippen LogP contribution in [0, 0.1) is 0 Å². The Morgan fingerprint density at radius 3 is 1.72 bits per heavy atom. The van der Waals surface area contributed by atoms with Gasteiger partial charge in [0.05, 0.1) is 10.2 Å². The molecule has 1 aromatic heterocycles. The van der Waals surface area contributed by atoms with Crippen molar-refractivity contribution in [1.82, 2.24) is 4.98 Å². The molecule has 1 aliphatic carbocycles. The van der Waals surface area contributed by atoms with E-state index in [1.807, 2.05) is 0 Å². The highest BCUT2D eigenvalue weighted by atomic mass is 32.1. The van der Waals surface area contributed by atoms with Crippen LogP contribution in [0.25, 0.3) is 75.7 Å². The van der Waals surface area contributed by atoms with Gasteiger partial charge in [0.1, 0.15) is 5.01 Å². The van der Waals surface area contributed by atoms with Crippen LogP contribution in [-0.4, -0.2) is 4.98 Å². The molecule has 270 valence electrons. The molecule has 2 nitrogen and oxygen atoms in total. The van der Waals surface area contributed by atoms with Crippen LogP contribution in [0.5, 0.6) is 0 Å². The summed E-state index contributed by atoms with van der Waals surface area (Å²) in [4.78, 5) is 7.63. The molecule has 1 aliphatic rings. The zero-order valence-corrected chi connectivity index (χ0v) is 32.6. The molecule has 9 aromatic carbocycles. The summed E-state index contributed by atoms with van der Waals surface area (Å²) in [6, 6.07) is 70.8. The van der Waals surface area contributed by atoms with E-state index in [2.05, 4.69) is 213 Å². The Morgan fingerprint density at radius 1 is 0.439 bits per heavy atom. The van der Waals surface area contributed by atoms with Gasteiger partial charge in [0.25, 0.3) is 0 Å². The molecular weight excluding hydrogens is 709 g/mol. The number of nitrogens with zero attached hydrogens (tertiary/aromatic N) is 2. The van der Waals surface area contributed by atoms with E-state index in [9.17, 15) is 0 Å². The molecule has 0 aliphatic heterocycles. The van der Waals surface area contributed by atoms with Gasteiger partial charge in [0, 0.05) is 33.4 Å². The number of hydrogen-bond acceptors (Lipinski definition) is 3. The second-order valence-corrected chi connectivity index (χ2v) is 16.6. The molecule has 0 saturated carbocycles. The van der Waals surface area contributed by atoms with E-state index in [-0.39, 0.29) is 5.41 Å². The lowest BCUT2D eigenvalue weighted by atomic mass is 9.82. The van der Waals surface area contributed by atoms with Crippen molar-refractivity contribution >= 4 is 60.2 Å². The first kappa shape index (κ1) is 33.5. The zero-order chi connectivity index (χ0) is 38.1. The summed E-state index contributed by atoms with van der Waals surface area (Å²) in [5.41, 5.74) is 15.7. The summed E-state index contributed by atoms with van der Waals surface area (Å²) < 4.78 is 1.21. The fraction of sp³-hybridized carbons (Fsp3) is 0.0556. The van der Waals surface area contributed by atoms with Crippen LogP contribution >= 0.6 is 11.3 Å². The Balaban J connectivity index is 1.01. The molecule has 0 bridgehead atoms. The third-order valence-electron chi connectivity index (χ3n) is 11.9. The largest absolute Gasteiger partial charge is 0.310 e. The minimum absolute atomic E-state index is 0.0951.